The number of Topliss-reactive ketones (excluding diaryl/α,β-unsaturated/α-hetero) is 3. The molecular formula is C91H138N12O24. The number of nitrogens with one attached hydrogen (secondary N) is 1. The molecule has 127 heavy (non-hydrogen) atoms. The summed E-state index contributed by atoms with van der Waals surface area (Å²) in [5.74, 6) is -8.07. The molecular weight excluding hydrogens is 1650 g/mol. The number of methoxy groups -OCH3 is 3. The zero-order chi connectivity index (χ0) is 91.0. The standard InChI is InChI=1S/C91H138N12O24/c1-60-18-12-11-13-19-61(2)76(112-8)55-70-24-21-66(7)91(111,127-70)85(108)88(109)102-29-16-14-20-72(102)89(110)125-77(56-73(104)62(3)51-65(6)83(107)84(114-10)82(106)64(5)50-60)63(4)52-67-22-25-75(78(53-67)113-9)124-49-48-123-58-69-57-101(100-98-69)31-33-116-35-37-118-39-41-120-43-45-122-47-46-121-44-42-119-40-38-117-36-34-115-32-27-79(105)94-28-15-17-30-103-87-80(86(92)95-59-96-87)81(99-103)68-23-26-74-71(54-68)97-90(93)126-74/h11-13,18-19,23,26,51,54,57,59-60,62-64,66-67,70,72,75-78,83-84,107,111H,14-17,20-22,24-25,27-50,52-53,55-56,58H2,1-10H3,(H2,93,97)(H,94,105)(H2,92,95,96)/b13-11?,18-12-,61-19?,65-51-/t60-,62-,63-,64-,66-,67-,70+,72-,75+,76-,77+,78-,83+,84+,91-/m1/s1. The number of amides is 2. The van der Waals surface area contributed by atoms with Crippen LogP contribution in [0.25, 0.3) is 33.4 Å². The highest BCUT2D eigenvalue weighted by Gasteiger charge is 2.53. The molecule has 1 aromatic carbocycles. The number of fused-ring (bicyclic) bond motifs is 5. The van der Waals surface area contributed by atoms with Crippen molar-refractivity contribution in [2.24, 2.45) is 35.5 Å². The minimum atomic E-state index is -2.47. The van der Waals surface area contributed by atoms with Crippen LogP contribution in [0.3, 0.4) is 0 Å². The summed E-state index contributed by atoms with van der Waals surface area (Å²) in [6, 6.07) is 4.39. The zero-order valence-electron chi connectivity index (χ0n) is 75.9. The van der Waals surface area contributed by atoms with Gasteiger partial charge in [-0.25, -0.2) is 24.1 Å². The molecule has 2 amide bonds. The number of nitrogens with two attached hydrogens (primary N) is 2. The number of hydrogen-bond donors (Lipinski definition) is 5. The van der Waals surface area contributed by atoms with E-state index in [1.807, 2.05) is 76.4 Å². The van der Waals surface area contributed by atoms with Crippen molar-refractivity contribution in [2.45, 2.75) is 219 Å². The van der Waals surface area contributed by atoms with Gasteiger partial charge in [0.1, 0.15) is 59.2 Å². The molecule has 3 fully saturated rings. The van der Waals surface area contributed by atoms with E-state index in [9.17, 15) is 39.0 Å². The number of unbranched alkanes of at least 4 members (excludes halogenated alkanes) is 1. The lowest BCUT2D eigenvalue weighted by atomic mass is 9.78. The van der Waals surface area contributed by atoms with E-state index in [1.54, 1.807) is 56.5 Å². The van der Waals surface area contributed by atoms with E-state index >= 15 is 0 Å². The summed E-state index contributed by atoms with van der Waals surface area (Å²) in [6.07, 6.45) is 16.3. The average Bonchev–Trinajstić information content (AvgIpc) is 1.54. The Hall–Kier alpha value is -8.28. The molecule has 706 valence electrons. The number of nitrogens with zero attached hydrogens (tertiary/aromatic N) is 9. The third-order valence-corrected chi connectivity index (χ3v) is 23.7. The highest BCUT2D eigenvalue weighted by molar-refractivity contribution is 6.39. The molecule has 2 saturated heterocycles. The van der Waals surface area contributed by atoms with Crippen LogP contribution in [0.15, 0.2) is 82.7 Å². The van der Waals surface area contributed by atoms with Gasteiger partial charge in [0.25, 0.3) is 17.7 Å². The first-order valence-corrected chi connectivity index (χ1v) is 45.0. The maximum absolute atomic E-state index is 14.8. The summed E-state index contributed by atoms with van der Waals surface area (Å²) in [5, 5.41) is 40.7. The van der Waals surface area contributed by atoms with E-state index in [-0.39, 0.29) is 92.5 Å². The Labute approximate surface area is 744 Å². The number of esters is 1. The zero-order valence-corrected chi connectivity index (χ0v) is 75.9. The molecule has 9 rings (SSSR count). The summed E-state index contributed by atoms with van der Waals surface area (Å²) in [6.45, 7) is 21.6. The number of aromatic nitrogens is 8. The minimum Gasteiger partial charge on any atom is -0.460 e. The van der Waals surface area contributed by atoms with Crippen molar-refractivity contribution in [1.29, 1.82) is 0 Å². The van der Waals surface area contributed by atoms with E-state index in [0.29, 0.717) is 235 Å². The molecule has 36 nitrogen and oxygen atoms in total. The summed E-state index contributed by atoms with van der Waals surface area (Å²) in [5.41, 5.74) is 17.1. The van der Waals surface area contributed by atoms with Gasteiger partial charge in [-0.3, -0.25) is 24.0 Å². The van der Waals surface area contributed by atoms with Crippen LogP contribution in [0.5, 0.6) is 0 Å². The molecule has 36 heteroatoms. The predicted octanol–water partition coefficient (Wildman–Crippen LogP) is 8.25. The number of aliphatic hydroxyl groups is 2. The van der Waals surface area contributed by atoms with E-state index < -0.39 is 77.8 Å². The lowest BCUT2D eigenvalue weighted by Crippen LogP contribution is -2.61. The Balaban J connectivity index is 0.586. The number of carbonyl (C=O) groups is 6. The summed E-state index contributed by atoms with van der Waals surface area (Å²) in [7, 11) is 4.61. The van der Waals surface area contributed by atoms with Gasteiger partial charge in [0.2, 0.25) is 11.7 Å². The SMILES string of the molecule is CO[C@@H]1C[C@@H]2CC[C@@H](C)[C@@](O)(O2)C(=O)C(=O)N2CCCC[C@@H]2C(=O)O[C@H]([C@H](C)C[C@H]2CC[C@H](OCCOCc3cn(CCOCCOCCOCCOCCOCCOCCOCCOCCC(=O)NCCCCn4nc(-c5ccc6oc(N)nc6c5)c5c(N)ncnc54)nn3)[C@H](OC)C2)CC(=O)[C@H](C)/C=C(/C)[C@H](O)[C@@H](OC)C(=O)[C@H](C)C[C@H](C)/C=C\C=CC=C1C. The molecule has 2 bridgehead atoms. The monoisotopic (exact) mass is 1780 g/mol. The van der Waals surface area contributed by atoms with Gasteiger partial charge >= 0.3 is 5.97 Å². The van der Waals surface area contributed by atoms with E-state index in [4.69, 9.17) is 92.0 Å². The number of allylic oxidation sites excluding steroid dienone is 6. The molecule has 5 aromatic rings. The van der Waals surface area contributed by atoms with E-state index in [0.717, 1.165) is 30.4 Å². The van der Waals surface area contributed by atoms with Crippen LogP contribution in [0.4, 0.5) is 11.8 Å². The number of carbonyl (C=O) groups excluding carboxylic acids is 6. The van der Waals surface area contributed by atoms with Gasteiger partial charge in [-0.2, -0.15) is 10.1 Å². The number of cyclic esters (lactones) is 1. The molecule has 0 spiro atoms. The number of piperidine rings is 1. The number of ketones is 3. The quantitative estimate of drug-likeness (QED) is 0.0106. The van der Waals surface area contributed by atoms with Crippen LogP contribution >= 0.6 is 0 Å². The first kappa shape index (κ1) is 102. The predicted molar refractivity (Wildman–Crippen MR) is 469 cm³/mol. The van der Waals surface area contributed by atoms with Gasteiger partial charge in [0, 0.05) is 83.5 Å². The normalized spacial score (nSPS) is 25.9. The highest BCUT2D eigenvalue weighted by Crippen LogP contribution is 2.39. The van der Waals surface area contributed by atoms with Crippen molar-refractivity contribution in [1.82, 2.24) is 49.9 Å². The molecule has 1 aliphatic carbocycles. The number of ether oxygens (including phenoxy) is 15. The number of aliphatic hydroxyl groups excluding tert-OH is 1. The van der Waals surface area contributed by atoms with Crippen molar-refractivity contribution in [2.75, 3.05) is 165 Å². The van der Waals surface area contributed by atoms with Crippen molar-refractivity contribution >= 4 is 69.1 Å². The van der Waals surface area contributed by atoms with Crippen molar-refractivity contribution in [3.63, 3.8) is 0 Å². The van der Waals surface area contributed by atoms with Crippen molar-refractivity contribution < 1.29 is 114 Å². The fourth-order valence-corrected chi connectivity index (χ4v) is 16.4. The minimum absolute atomic E-state index is 0.00921. The third kappa shape index (κ3) is 32.4. The maximum atomic E-state index is 14.8. The van der Waals surface area contributed by atoms with Crippen molar-refractivity contribution in [3.8, 4) is 11.3 Å². The second kappa shape index (κ2) is 54.4. The fraction of sp³-hybridized carbons (Fsp3) is 0.692. The third-order valence-electron chi connectivity index (χ3n) is 23.7. The largest absolute Gasteiger partial charge is 0.460 e. The molecule has 1 saturated carbocycles. The molecule has 7 heterocycles. The average molecular weight is 1780 g/mol. The number of nitrogen functional groups attached to an aromatic ring is 2. The van der Waals surface area contributed by atoms with Crippen LogP contribution in [0.2, 0.25) is 0 Å². The molecule has 15 atom stereocenters. The van der Waals surface area contributed by atoms with Crippen LogP contribution in [0, 0.1) is 35.5 Å². The summed E-state index contributed by atoms with van der Waals surface area (Å²) < 4.78 is 96.4. The van der Waals surface area contributed by atoms with E-state index in [2.05, 4.69) is 30.6 Å². The molecule has 4 aliphatic rings. The smallest absolute Gasteiger partial charge is 0.329 e. The van der Waals surface area contributed by atoms with Crippen LogP contribution < -0.4 is 16.8 Å². The van der Waals surface area contributed by atoms with E-state index in [1.165, 1.54) is 18.3 Å². The van der Waals surface area contributed by atoms with Crippen molar-refractivity contribution in [3.05, 3.63) is 84.0 Å². The Morgan fingerprint density at radius 2 is 1.39 bits per heavy atom. The molecule has 3 aliphatic heterocycles. The highest BCUT2D eigenvalue weighted by atomic mass is 16.6. The van der Waals surface area contributed by atoms with Crippen LogP contribution in [-0.2, 0) is 120 Å². The Morgan fingerprint density at radius 1 is 0.717 bits per heavy atom. The Bertz CT molecular complexity index is 4320. The van der Waals surface area contributed by atoms with Gasteiger partial charge in [0.15, 0.2) is 17.0 Å². The van der Waals surface area contributed by atoms with Gasteiger partial charge < -0.3 is 107 Å². The number of rotatable bonds is 45. The van der Waals surface area contributed by atoms with Gasteiger partial charge in [-0.15, -0.1) is 5.10 Å². The van der Waals surface area contributed by atoms with Crippen LogP contribution in [-0.4, -0.2) is 298 Å². The second-order valence-corrected chi connectivity index (χ2v) is 33.4. The summed E-state index contributed by atoms with van der Waals surface area (Å²) >= 11 is 0. The number of hydrogen-bond acceptors (Lipinski definition) is 32. The van der Waals surface area contributed by atoms with Gasteiger partial charge in [0.05, 0.1) is 168 Å². The first-order valence-electron chi connectivity index (χ1n) is 45.0. The number of anilines is 2. The van der Waals surface area contributed by atoms with Gasteiger partial charge in [-0.05, 0) is 138 Å². The molecule has 4 aromatic heterocycles. The lowest BCUT2D eigenvalue weighted by Gasteiger charge is -2.42. The maximum Gasteiger partial charge on any atom is 0.329 e. The second-order valence-electron chi connectivity index (χ2n) is 33.4. The van der Waals surface area contributed by atoms with Gasteiger partial charge in [-0.1, -0.05) is 76.3 Å². The Morgan fingerprint density at radius 3 is 2.07 bits per heavy atom. The molecule has 7 N–H and O–H groups in total. The first-order chi connectivity index (χ1) is 61.4. The number of aryl methyl sites for hydroxylation is 1. The number of benzene rings is 1. The molecule has 0 unspecified atom stereocenters. The molecule has 0 radical (unpaired) electrons. The Kier molecular flexibility index (Phi) is 43.9. The topological polar surface area (TPSA) is 449 Å². The summed E-state index contributed by atoms with van der Waals surface area (Å²) in [4.78, 5) is 98.7. The lowest BCUT2D eigenvalue weighted by molar-refractivity contribution is -0.265. The fourth-order valence-electron chi connectivity index (χ4n) is 16.4. The van der Waals surface area contributed by atoms with Crippen LogP contribution in [0.1, 0.15) is 150 Å². The number of oxazole rings is 1.